The smallest absolute Gasteiger partial charge is 0.306 e. The second-order valence-corrected chi connectivity index (χ2v) is 3.78. The van der Waals surface area contributed by atoms with Crippen LogP contribution in [0.25, 0.3) is 0 Å². The topological polar surface area (TPSA) is 98.9 Å². The predicted octanol–water partition coefficient (Wildman–Crippen LogP) is 1.18. The third-order valence-corrected chi connectivity index (χ3v) is 2.25. The zero-order chi connectivity index (χ0) is 12.8. The molecule has 6 nitrogen and oxygen atoms in total. The van der Waals surface area contributed by atoms with E-state index in [0.29, 0.717) is 30.3 Å². The van der Waals surface area contributed by atoms with Crippen LogP contribution in [0.1, 0.15) is 24.7 Å². The van der Waals surface area contributed by atoms with Crippen molar-refractivity contribution in [1.29, 1.82) is 5.26 Å². The van der Waals surface area contributed by atoms with Gasteiger partial charge in [0.05, 0.1) is 5.92 Å². The van der Waals surface area contributed by atoms with Gasteiger partial charge in [0.1, 0.15) is 11.8 Å². The van der Waals surface area contributed by atoms with Crippen molar-refractivity contribution >= 4 is 11.9 Å². The molecule has 1 aromatic rings. The number of aryl methyl sites for hydroxylation is 1. The molecule has 0 aliphatic heterocycles. The highest BCUT2D eigenvalue weighted by molar-refractivity contribution is 5.69. The van der Waals surface area contributed by atoms with Crippen LogP contribution in [-0.2, 0) is 4.79 Å². The lowest BCUT2D eigenvalue weighted by Gasteiger charge is -2.08. The largest absolute Gasteiger partial charge is 0.481 e. The number of nitrogens with one attached hydrogen (secondary N) is 1. The summed E-state index contributed by atoms with van der Waals surface area (Å²) < 4.78 is 0. The van der Waals surface area contributed by atoms with E-state index in [-0.39, 0.29) is 0 Å². The van der Waals surface area contributed by atoms with Gasteiger partial charge >= 0.3 is 5.97 Å². The Kier molecular flexibility index (Phi) is 4.40. The average Bonchev–Trinajstić information content (AvgIpc) is 2.27. The molecule has 0 amide bonds. The summed E-state index contributed by atoms with van der Waals surface area (Å²) in [7, 11) is 0. The van der Waals surface area contributed by atoms with Gasteiger partial charge in [-0.25, -0.2) is 9.97 Å². The highest BCUT2D eigenvalue weighted by Crippen LogP contribution is 2.06. The van der Waals surface area contributed by atoms with Gasteiger partial charge < -0.3 is 10.4 Å². The number of rotatable bonds is 5. The van der Waals surface area contributed by atoms with E-state index in [1.165, 1.54) is 0 Å². The van der Waals surface area contributed by atoms with E-state index < -0.39 is 11.9 Å². The first-order valence-corrected chi connectivity index (χ1v) is 5.25. The number of nitrogens with zero attached hydrogens (tertiary/aromatic N) is 3. The van der Waals surface area contributed by atoms with Crippen LogP contribution in [0, 0.1) is 24.2 Å². The van der Waals surface area contributed by atoms with Crippen LogP contribution < -0.4 is 5.32 Å². The molecule has 1 unspecified atom stereocenters. The molecule has 1 aromatic heterocycles. The summed E-state index contributed by atoms with van der Waals surface area (Å²) in [4.78, 5) is 18.7. The molecule has 6 heteroatoms. The highest BCUT2D eigenvalue weighted by Gasteiger charge is 2.10. The Morgan fingerprint density at radius 1 is 1.65 bits per heavy atom. The van der Waals surface area contributed by atoms with E-state index >= 15 is 0 Å². The van der Waals surface area contributed by atoms with Crippen molar-refractivity contribution in [2.75, 3.05) is 11.9 Å². The molecule has 0 saturated carbocycles. The number of hydrogen-bond acceptors (Lipinski definition) is 5. The molecule has 0 saturated heterocycles. The van der Waals surface area contributed by atoms with Gasteiger partial charge in [0.25, 0.3) is 0 Å². The van der Waals surface area contributed by atoms with Crippen molar-refractivity contribution < 1.29 is 9.90 Å². The number of aliphatic carboxylic acids is 1. The molecule has 0 fully saturated rings. The van der Waals surface area contributed by atoms with Crippen LogP contribution in [0.4, 0.5) is 5.95 Å². The first kappa shape index (κ1) is 12.9. The third kappa shape index (κ3) is 4.07. The summed E-state index contributed by atoms with van der Waals surface area (Å²) in [6.45, 7) is 3.87. The molecule has 1 heterocycles. The minimum absolute atomic E-state index is 0.297. The molecule has 0 spiro atoms. The molecule has 0 aliphatic rings. The maximum absolute atomic E-state index is 10.6. The summed E-state index contributed by atoms with van der Waals surface area (Å²) >= 11 is 0. The zero-order valence-electron chi connectivity index (χ0n) is 9.77. The quantitative estimate of drug-likeness (QED) is 0.793. The maximum Gasteiger partial charge on any atom is 0.306 e. The lowest BCUT2D eigenvalue weighted by molar-refractivity contribution is -0.141. The van der Waals surface area contributed by atoms with E-state index in [9.17, 15) is 4.79 Å². The highest BCUT2D eigenvalue weighted by atomic mass is 16.4. The second kappa shape index (κ2) is 5.80. The van der Waals surface area contributed by atoms with Crippen LogP contribution in [0.5, 0.6) is 0 Å². The SMILES string of the molecule is Cc1cc(C#N)nc(NCCC(C)C(=O)O)n1. The van der Waals surface area contributed by atoms with Crippen molar-refractivity contribution in [2.45, 2.75) is 20.3 Å². The van der Waals surface area contributed by atoms with Gasteiger partial charge in [-0.3, -0.25) is 4.79 Å². The monoisotopic (exact) mass is 234 g/mol. The molecule has 2 N–H and O–H groups in total. The first-order valence-electron chi connectivity index (χ1n) is 5.25. The Bertz CT molecular complexity index is 453. The lowest BCUT2D eigenvalue weighted by Crippen LogP contribution is -2.15. The fourth-order valence-corrected chi connectivity index (χ4v) is 1.23. The molecule has 0 bridgehead atoms. The summed E-state index contributed by atoms with van der Waals surface area (Å²) in [6.07, 6.45) is 0.481. The molecular formula is C11H14N4O2. The molecule has 17 heavy (non-hydrogen) atoms. The van der Waals surface area contributed by atoms with Gasteiger partial charge in [-0.05, 0) is 19.4 Å². The van der Waals surface area contributed by atoms with Gasteiger partial charge in [-0.1, -0.05) is 6.92 Å². The lowest BCUT2D eigenvalue weighted by atomic mass is 10.1. The Morgan fingerprint density at radius 3 is 2.94 bits per heavy atom. The van der Waals surface area contributed by atoms with Gasteiger partial charge in [-0.15, -0.1) is 0 Å². The number of aromatic nitrogens is 2. The summed E-state index contributed by atoms with van der Waals surface area (Å²) in [5.74, 6) is -0.878. The summed E-state index contributed by atoms with van der Waals surface area (Å²) in [6, 6.07) is 3.53. The Labute approximate surface area is 99.3 Å². The minimum atomic E-state index is -0.824. The number of carbonyl (C=O) groups is 1. The van der Waals surface area contributed by atoms with Gasteiger partial charge in [0, 0.05) is 12.2 Å². The number of carboxylic acid groups (broad SMARTS) is 1. The van der Waals surface area contributed by atoms with Gasteiger partial charge in [0.15, 0.2) is 0 Å². The zero-order valence-corrected chi connectivity index (χ0v) is 9.77. The van der Waals surface area contributed by atoms with Crippen molar-refractivity contribution in [3.63, 3.8) is 0 Å². The predicted molar refractivity (Wildman–Crippen MR) is 61.4 cm³/mol. The molecule has 90 valence electrons. The van der Waals surface area contributed by atoms with E-state index in [4.69, 9.17) is 10.4 Å². The van der Waals surface area contributed by atoms with Gasteiger partial charge in [0.2, 0.25) is 5.95 Å². The fraction of sp³-hybridized carbons (Fsp3) is 0.455. The van der Waals surface area contributed by atoms with E-state index in [1.807, 2.05) is 6.07 Å². The van der Waals surface area contributed by atoms with Gasteiger partial charge in [-0.2, -0.15) is 5.26 Å². The summed E-state index contributed by atoms with van der Waals surface area (Å²) in [5.41, 5.74) is 0.997. The third-order valence-electron chi connectivity index (χ3n) is 2.25. The van der Waals surface area contributed by atoms with Crippen LogP contribution in [0.15, 0.2) is 6.07 Å². The van der Waals surface area contributed by atoms with Crippen molar-refractivity contribution in [3.05, 3.63) is 17.5 Å². The normalized spacial score (nSPS) is 11.6. The maximum atomic E-state index is 10.6. The molecule has 1 atom stereocenters. The molecular weight excluding hydrogens is 220 g/mol. The Hall–Kier alpha value is -2.16. The molecule has 0 aromatic carbocycles. The average molecular weight is 234 g/mol. The van der Waals surface area contributed by atoms with Crippen molar-refractivity contribution in [2.24, 2.45) is 5.92 Å². The second-order valence-electron chi connectivity index (χ2n) is 3.78. The van der Waals surface area contributed by atoms with Crippen molar-refractivity contribution in [1.82, 2.24) is 9.97 Å². The standard InChI is InChI=1S/C11H14N4O2/c1-7(10(16)17)3-4-13-11-14-8(2)5-9(6-12)15-11/h5,7H,3-4H2,1-2H3,(H,16,17)(H,13,14,15). The van der Waals surface area contributed by atoms with Crippen LogP contribution in [0.3, 0.4) is 0 Å². The molecule has 0 aliphatic carbocycles. The molecule has 1 rings (SSSR count). The Balaban J connectivity index is 2.55. The summed E-state index contributed by atoms with van der Waals surface area (Å²) in [5, 5.41) is 20.3. The van der Waals surface area contributed by atoms with E-state index in [2.05, 4.69) is 15.3 Å². The van der Waals surface area contributed by atoms with Crippen molar-refractivity contribution in [3.8, 4) is 6.07 Å². The number of anilines is 1. The van der Waals surface area contributed by atoms with Crippen LogP contribution in [0.2, 0.25) is 0 Å². The first-order chi connectivity index (χ1) is 8.02. The molecule has 0 radical (unpaired) electrons. The van der Waals surface area contributed by atoms with Crippen LogP contribution in [-0.4, -0.2) is 27.6 Å². The van der Waals surface area contributed by atoms with Crippen LogP contribution >= 0.6 is 0 Å². The van der Waals surface area contributed by atoms with E-state index in [1.54, 1.807) is 19.9 Å². The number of nitriles is 1. The minimum Gasteiger partial charge on any atom is -0.481 e. The Morgan fingerprint density at radius 2 is 2.35 bits per heavy atom. The fourth-order valence-electron chi connectivity index (χ4n) is 1.23. The number of hydrogen-bond donors (Lipinski definition) is 2. The van der Waals surface area contributed by atoms with E-state index in [0.717, 1.165) is 0 Å². The number of carboxylic acids is 1.